The fourth-order valence-electron chi connectivity index (χ4n) is 1.38. The zero-order valence-electron chi connectivity index (χ0n) is 9.57. The van der Waals surface area contributed by atoms with E-state index in [0.717, 1.165) is 35.9 Å². The molecule has 0 atom stereocenters. The van der Waals surface area contributed by atoms with Gasteiger partial charge >= 0.3 is 0 Å². The van der Waals surface area contributed by atoms with Crippen LogP contribution in [0.4, 0.5) is 0 Å². The van der Waals surface area contributed by atoms with Gasteiger partial charge in [-0.15, -0.1) is 10.2 Å². The Balaban J connectivity index is 1.92. The minimum absolute atomic E-state index is 0.376. The van der Waals surface area contributed by atoms with E-state index >= 15 is 0 Å². The third-order valence-corrected chi connectivity index (χ3v) is 3.39. The van der Waals surface area contributed by atoms with E-state index in [1.807, 2.05) is 6.07 Å². The van der Waals surface area contributed by atoms with Crippen molar-refractivity contribution < 1.29 is 4.42 Å². The molecule has 2 aromatic rings. The summed E-state index contributed by atoms with van der Waals surface area (Å²) in [5, 5.41) is 13.7. The molecule has 0 unspecified atom stereocenters. The van der Waals surface area contributed by atoms with Gasteiger partial charge in [-0.05, 0) is 36.7 Å². The van der Waals surface area contributed by atoms with E-state index in [9.17, 15) is 0 Å². The highest BCUT2D eigenvalue weighted by molar-refractivity contribution is 7.14. The quantitative estimate of drug-likeness (QED) is 0.821. The number of nitrogens with zero attached hydrogens (tertiary/aromatic N) is 2. The summed E-state index contributed by atoms with van der Waals surface area (Å²) in [4.78, 5) is 0. The Morgan fingerprint density at radius 1 is 1.35 bits per heavy atom. The van der Waals surface area contributed by atoms with E-state index in [0.29, 0.717) is 11.0 Å². The number of nitrogens with one attached hydrogen (secondary N) is 1. The van der Waals surface area contributed by atoms with Crippen molar-refractivity contribution in [2.75, 3.05) is 13.1 Å². The SMILES string of the molecule is CCCNCCc1nnc(-c2ccc(Cl)o2)s1. The summed E-state index contributed by atoms with van der Waals surface area (Å²) >= 11 is 7.26. The van der Waals surface area contributed by atoms with Gasteiger partial charge in [-0.3, -0.25) is 0 Å². The zero-order valence-corrected chi connectivity index (χ0v) is 11.1. The van der Waals surface area contributed by atoms with Crippen LogP contribution in [0.3, 0.4) is 0 Å². The van der Waals surface area contributed by atoms with Crippen molar-refractivity contribution >= 4 is 22.9 Å². The molecular weight excluding hydrogens is 258 g/mol. The van der Waals surface area contributed by atoms with Crippen molar-refractivity contribution in [3.63, 3.8) is 0 Å². The molecule has 0 aliphatic heterocycles. The van der Waals surface area contributed by atoms with Crippen LogP contribution < -0.4 is 5.32 Å². The van der Waals surface area contributed by atoms with Crippen molar-refractivity contribution in [3.05, 3.63) is 22.4 Å². The maximum atomic E-state index is 5.72. The Morgan fingerprint density at radius 2 is 2.24 bits per heavy atom. The van der Waals surface area contributed by atoms with Crippen LogP contribution in [0.2, 0.25) is 5.22 Å². The van der Waals surface area contributed by atoms with E-state index in [1.54, 1.807) is 17.4 Å². The van der Waals surface area contributed by atoms with Gasteiger partial charge < -0.3 is 9.73 Å². The summed E-state index contributed by atoms with van der Waals surface area (Å²) < 4.78 is 5.28. The van der Waals surface area contributed by atoms with Crippen LogP contribution in [0.5, 0.6) is 0 Å². The molecule has 0 amide bonds. The van der Waals surface area contributed by atoms with Gasteiger partial charge in [-0.1, -0.05) is 18.3 Å². The second-order valence-electron chi connectivity index (χ2n) is 3.60. The summed E-state index contributed by atoms with van der Waals surface area (Å²) in [6, 6.07) is 3.52. The average molecular weight is 272 g/mol. The molecule has 0 bridgehead atoms. The molecule has 4 nitrogen and oxygen atoms in total. The van der Waals surface area contributed by atoms with Crippen LogP contribution in [0.15, 0.2) is 16.5 Å². The van der Waals surface area contributed by atoms with Crippen LogP contribution in [0.1, 0.15) is 18.4 Å². The maximum Gasteiger partial charge on any atom is 0.194 e. The molecule has 0 fully saturated rings. The van der Waals surface area contributed by atoms with Gasteiger partial charge in [-0.25, -0.2) is 0 Å². The molecule has 2 heterocycles. The third kappa shape index (κ3) is 3.52. The molecule has 0 aliphatic rings. The first-order valence-corrected chi connectivity index (χ1v) is 6.78. The lowest BCUT2D eigenvalue weighted by Gasteiger charge is -1.98. The number of aromatic nitrogens is 2. The second kappa shape index (κ2) is 6.14. The Kier molecular flexibility index (Phi) is 4.53. The molecule has 0 aliphatic carbocycles. The largest absolute Gasteiger partial charge is 0.442 e. The van der Waals surface area contributed by atoms with E-state index < -0.39 is 0 Å². The first-order chi connectivity index (χ1) is 8.29. The van der Waals surface area contributed by atoms with Gasteiger partial charge in [0, 0.05) is 13.0 Å². The lowest BCUT2D eigenvalue weighted by Crippen LogP contribution is -2.17. The van der Waals surface area contributed by atoms with Crippen molar-refractivity contribution in [1.29, 1.82) is 0 Å². The molecule has 0 aromatic carbocycles. The number of rotatable bonds is 6. The standard InChI is InChI=1S/C11H14ClN3OS/c1-2-6-13-7-5-10-14-15-11(17-10)8-3-4-9(12)16-8/h3-4,13H,2,5-7H2,1H3. The Hall–Kier alpha value is -0.910. The number of hydrogen-bond donors (Lipinski definition) is 1. The second-order valence-corrected chi connectivity index (χ2v) is 5.04. The molecule has 0 saturated carbocycles. The van der Waals surface area contributed by atoms with Crippen LogP contribution in [-0.2, 0) is 6.42 Å². The number of halogens is 1. The molecular formula is C11H14ClN3OS. The molecule has 0 radical (unpaired) electrons. The topological polar surface area (TPSA) is 51.0 Å². The van der Waals surface area contributed by atoms with Crippen molar-refractivity contribution in [1.82, 2.24) is 15.5 Å². The smallest absolute Gasteiger partial charge is 0.194 e. The molecule has 1 N–H and O–H groups in total. The first-order valence-electron chi connectivity index (χ1n) is 5.58. The van der Waals surface area contributed by atoms with Crippen molar-refractivity contribution in [2.24, 2.45) is 0 Å². The fraction of sp³-hybridized carbons (Fsp3) is 0.455. The van der Waals surface area contributed by atoms with E-state index in [1.165, 1.54) is 0 Å². The normalized spacial score (nSPS) is 10.9. The lowest BCUT2D eigenvalue weighted by molar-refractivity contribution is 0.583. The van der Waals surface area contributed by atoms with Crippen LogP contribution >= 0.6 is 22.9 Å². The summed E-state index contributed by atoms with van der Waals surface area (Å²) in [6.45, 7) is 4.12. The van der Waals surface area contributed by atoms with Gasteiger partial charge in [0.15, 0.2) is 16.0 Å². The van der Waals surface area contributed by atoms with E-state index in [2.05, 4.69) is 22.4 Å². The minimum Gasteiger partial charge on any atom is -0.442 e. The summed E-state index contributed by atoms with van der Waals surface area (Å²) in [7, 11) is 0. The van der Waals surface area contributed by atoms with Gasteiger partial charge in [0.25, 0.3) is 0 Å². The monoisotopic (exact) mass is 271 g/mol. The predicted octanol–water partition coefficient (Wildman–Crippen LogP) is 2.99. The molecule has 2 aromatic heterocycles. The van der Waals surface area contributed by atoms with Gasteiger partial charge in [0.05, 0.1) is 0 Å². The maximum absolute atomic E-state index is 5.72. The van der Waals surface area contributed by atoms with Gasteiger partial charge in [0.2, 0.25) is 0 Å². The Labute approximate surface area is 109 Å². The van der Waals surface area contributed by atoms with Crippen LogP contribution in [0.25, 0.3) is 10.8 Å². The van der Waals surface area contributed by atoms with E-state index in [-0.39, 0.29) is 0 Å². The molecule has 17 heavy (non-hydrogen) atoms. The zero-order chi connectivity index (χ0) is 12.1. The highest BCUT2D eigenvalue weighted by Crippen LogP contribution is 2.27. The van der Waals surface area contributed by atoms with Crippen LogP contribution in [0, 0.1) is 0 Å². The molecule has 92 valence electrons. The average Bonchev–Trinajstić information content (AvgIpc) is 2.93. The van der Waals surface area contributed by atoms with Gasteiger partial charge in [0.1, 0.15) is 5.01 Å². The molecule has 2 rings (SSSR count). The molecule has 0 saturated heterocycles. The summed E-state index contributed by atoms with van der Waals surface area (Å²) in [6.07, 6.45) is 2.04. The highest BCUT2D eigenvalue weighted by Gasteiger charge is 2.09. The Morgan fingerprint density at radius 3 is 2.94 bits per heavy atom. The lowest BCUT2D eigenvalue weighted by atomic mass is 10.4. The predicted molar refractivity (Wildman–Crippen MR) is 69.5 cm³/mol. The summed E-state index contributed by atoms with van der Waals surface area (Å²) in [5.41, 5.74) is 0. The fourth-order valence-corrected chi connectivity index (χ4v) is 2.33. The van der Waals surface area contributed by atoms with Crippen molar-refractivity contribution in [2.45, 2.75) is 19.8 Å². The highest BCUT2D eigenvalue weighted by atomic mass is 35.5. The molecule has 6 heteroatoms. The Bertz CT molecular complexity index is 469. The van der Waals surface area contributed by atoms with Crippen molar-refractivity contribution in [3.8, 4) is 10.8 Å². The number of furan rings is 1. The van der Waals surface area contributed by atoms with Crippen LogP contribution in [-0.4, -0.2) is 23.3 Å². The molecule has 0 spiro atoms. The van der Waals surface area contributed by atoms with E-state index in [4.69, 9.17) is 16.0 Å². The first kappa shape index (κ1) is 12.5. The summed E-state index contributed by atoms with van der Waals surface area (Å²) in [5.74, 6) is 0.681. The number of hydrogen-bond acceptors (Lipinski definition) is 5. The van der Waals surface area contributed by atoms with Gasteiger partial charge in [-0.2, -0.15) is 0 Å². The minimum atomic E-state index is 0.376. The third-order valence-electron chi connectivity index (χ3n) is 2.19.